The number of thiophene rings is 1. The van der Waals surface area contributed by atoms with Gasteiger partial charge in [-0.2, -0.15) is 0 Å². The first-order valence-electron chi connectivity index (χ1n) is 8.64. The van der Waals surface area contributed by atoms with Gasteiger partial charge < -0.3 is 14.2 Å². The Morgan fingerprint density at radius 3 is 2.56 bits per heavy atom. The number of carbonyl (C=O) groups excluding carboxylic acids is 2. The molecule has 6 heteroatoms. The maximum absolute atomic E-state index is 11.9. The molecular formula is C21H24O5S. The minimum absolute atomic E-state index is 0.205. The average molecular weight is 388 g/mol. The van der Waals surface area contributed by atoms with Crippen LogP contribution in [0.5, 0.6) is 11.5 Å². The Bertz CT molecular complexity index is 820. The molecule has 5 nitrogen and oxygen atoms in total. The maximum atomic E-state index is 11.9. The lowest BCUT2D eigenvalue weighted by Crippen LogP contribution is -2.11. The molecule has 0 aliphatic rings. The molecule has 27 heavy (non-hydrogen) atoms. The molecule has 0 amide bonds. The molecular weight excluding hydrogens is 364 g/mol. The zero-order chi connectivity index (χ0) is 19.8. The molecule has 1 aromatic heterocycles. The van der Waals surface area contributed by atoms with Crippen LogP contribution in [0.3, 0.4) is 0 Å². The summed E-state index contributed by atoms with van der Waals surface area (Å²) in [5.41, 5.74) is 0.765. The normalized spacial score (nSPS) is 11.0. The fourth-order valence-corrected chi connectivity index (χ4v) is 2.96. The fourth-order valence-electron chi connectivity index (χ4n) is 2.17. The van der Waals surface area contributed by atoms with Crippen molar-refractivity contribution in [2.45, 2.75) is 20.8 Å². The standard InChI is InChI=1S/C21H24O5S/c1-14(2)12-25-18-8-6-16(11-19(18)24-4)7-10-21(23)26-13-17(22)20-9-5-15(3)27-20/h5-11,14H,12-13H2,1-4H3/b10-7+. The van der Waals surface area contributed by atoms with Crippen LogP contribution in [0.4, 0.5) is 0 Å². The summed E-state index contributed by atoms with van der Waals surface area (Å²) in [5, 5.41) is 0. The molecule has 0 saturated heterocycles. The lowest BCUT2D eigenvalue weighted by atomic mass is 10.2. The molecule has 0 aliphatic carbocycles. The van der Waals surface area contributed by atoms with E-state index < -0.39 is 5.97 Å². The van der Waals surface area contributed by atoms with Crippen molar-refractivity contribution in [1.29, 1.82) is 0 Å². The van der Waals surface area contributed by atoms with Gasteiger partial charge in [0.1, 0.15) is 0 Å². The van der Waals surface area contributed by atoms with E-state index >= 15 is 0 Å². The molecule has 144 valence electrons. The van der Waals surface area contributed by atoms with Crippen molar-refractivity contribution in [3.8, 4) is 11.5 Å². The third-order valence-corrected chi connectivity index (χ3v) is 4.57. The Morgan fingerprint density at radius 1 is 1.15 bits per heavy atom. The monoisotopic (exact) mass is 388 g/mol. The Balaban J connectivity index is 1.92. The van der Waals surface area contributed by atoms with Crippen LogP contribution in [0, 0.1) is 12.8 Å². The largest absolute Gasteiger partial charge is 0.493 e. The van der Waals surface area contributed by atoms with Crippen LogP contribution in [0.25, 0.3) is 6.08 Å². The van der Waals surface area contributed by atoms with Crippen LogP contribution < -0.4 is 9.47 Å². The highest BCUT2D eigenvalue weighted by atomic mass is 32.1. The summed E-state index contributed by atoms with van der Waals surface area (Å²) in [4.78, 5) is 25.4. The zero-order valence-corrected chi connectivity index (χ0v) is 16.8. The van der Waals surface area contributed by atoms with E-state index in [1.165, 1.54) is 17.4 Å². The van der Waals surface area contributed by atoms with Crippen molar-refractivity contribution in [3.05, 3.63) is 51.7 Å². The molecule has 0 aliphatic heterocycles. The summed E-state index contributed by atoms with van der Waals surface area (Å²) in [6.07, 6.45) is 2.90. The molecule has 1 heterocycles. The molecule has 0 atom stereocenters. The van der Waals surface area contributed by atoms with E-state index in [-0.39, 0.29) is 12.4 Å². The number of hydrogen-bond acceptors (Lipinski definition) is 6. The van der Waals surface area contributed by atoms with E-state index in [1.54, 1.807) is 31.4 Å². The van der Waals surface area contributed by atoms with Gasteiger partial charge in [-0.05, 0) is 48.7 Å². The smallest absolute Gasteiger partial charge is 0.331 e. The molecule has 0 fully saturated rings. The second kappa shape index (κ2) is 9.92. The van der Waals surface area contributed by atoms with Gasteiger partial charge in [0.15, 0.2) is 18.1 Å². The van der Waals surface area contributed by atoms with Crippen LogP contribution in [-0.4, -0.2) is 32.1 Å². The number of aryl methyl sites for hydroxylation is 1. The highest BCUT2D eigenvalue weighted by Gasteiger charge is 2.10. The summed E-state index contributed by atoms with van der Waals surface area (Å²) in [6.45, 7) is 6.38. The van der Waals surface area contributed by atoms with Gasteiger partial charge in [-0.3, -0.25) is 4.79 Å². The van der Waals surface area contributed by atoms with E-state index in [0.717, 1.165) is 10.4 Å². The van der Waals surface area contributed by atoms with Crippen LogP contribution in [0.1, 0.15) is 34.0 Å². The number of benzene rings is 1. The first-order chi connectivity index (χ1) is 12.9. The van der Waals surface area contributed by atoms with E-state index in [9.17, 15) is 9.59 Å². The molecule has 0 spiro atoms. The molecule has 1 aromatic carbocycles. The van der Waals surface area contributed by atoms with Crippen LogP contribution in [-0.2, 0) is 9.53 Å². The molecule has 0 saturated carbocycles. The van der Waals surface area contributed by atoms with Gasteiger partial charge in [-0.15, -0.1) is 11.3 Å². The lowest BCUT2D eigenvalue weighted by Gasteiger charge is -2.12. The first-order valence-corrected chi connectivity index (χ1v) is 9.46. The highest BCUT2D eigenvalue weighted by molar-refractivity contribution is 7.14. The lowest BCUT2D eigenvalue weighted by molar-refractivity contribution is -0.136. The van der Waals surface area contributed by atoms with Crippen molar-refractivity contribution < 1.29 is 23.8 Å². The molecule has 0 N–H and O–H groups in total. The number of Topliss-reactive ketones (excluding diaryl/α,β-unsaturated/α-hetero) is 1. The quantitative estimate of drug-likeness (QED) is 0.359. The number of ether oxygens (including phenoxy) is 3. The van der Waals surface area contributed by atoms with Crippen LogP contribution in [0.15, 0.2) is 36.4 Å². The minimum atomic E-state index is -0.573. The van der Waals surface area contributed by atoms with Crippen molar-refractivity contribution in [3.63, 3.8) is 0 Å². The number of methoxy groups -OCH3 is 1. The maximum Gasteiger partial charge on any atom is 0.331 e. The third kappa shape index (κ3) is 6.57. The second-order valence-corrected chi connectivity index (χ2v) is 7.68. The predicted octanol–water partition coefficient (Wildman–Crippen LogP) is 4.54. The third-order valence-electron chi connectivity index (χ3n) is 3.53. The molecule has 0 radical (unpaired) electrons. The van der Waals surface area contributed by atoms with Gasteiger partial charge in [-0.25, -0.2) is 4.79 Å². The van der Waals surface area contributed by atoms with E-state index in [1.807, 2.05) is 19.1 Å². The Labute approximate surface area is 163 Å². The van der Waals surface area contributed by atoms with Gasteiger partial charge in [0.2, 0.25) is 5.78 Å². The Kier molecular flexibility index (Phi) is 7.61. The van der Waals surface area contributed by atoms with Crippen LogP contribution >= 0.6 is 11.3 Å². The highest BCUT2D eigenvalue weighted by Crippen LogP contribution is 2.29. The van der Waals surface area contributed by atoms with E-state index in [4.69, 9.17) is 14.2 Å². The second-order valence-electron chi connectivity index (χ2n) is 6.39. The Hall–Kier alpha value is -2.60. The fraction of sp³-hybridized carbons (Fsp3) is 0.333. The van der Waals surface area contributed by atoms with Crippen molar-refractivity contribution in [1.82, 2.24) is 0 Å². The minimum Gasteiger partial charge on any atom is -0.493 e. The molecule has 0 bridgehead atoms. The summed E-state index contributed by atoms with van der Waals surface area (Å²) in [7, 11) is 1.57. The SMILES string of the molecule is COc1cc(/C=C/C(=O)OCC(=O)c2ccc(C)s2)ccc1OCC(C)C. The Morgan fingerprint density at radius 2 is 1.93 bits per heavy atom. The van der Waals surface area contributed by atoms with Gasteiger partial charge in [-0.1, -0.05) is 19.9 Å². The average Bonchev–Trinajstić information content (AvgIpc) is 3.09. The molecule has 0 unspecified atom stereocenters. The van der Waals surface area contributed by atoms with E-state index in [2.05, 4.69) is 13.8 Å². The first kappa shape index (κ1) is 20.7. The van der Waals surface area contributed by atoms with Gasteiger partial charge in [0, 0.05) is 11.0 Å². The van der Waals surface area contributed by atoms with Crippen molar-refractivity contribution in [2.75, 3.05) is 20.3 Å². The number of hydrogen-bond donors (Lipinski definition) is 0. The number of esters is 1. The molecule has 2 rings (SSSR count). The van der Waals surface area contributed by atoms with Crippen molar-refractivity contribution in [2.24, 2.45) is 5.92 Å². The van der Waals surface area contributed by atoms with Gasteiger partial charge in [0.05, 0.1) is 18.6 Å². The van der Waals surface area contributed by atoms with E-state index in [0.29, 0.717) is 28.9 Å². The van der Waals surface area contributed by atoms with Gasteiger partial charge >= 0.3 is 5.97 Å². The number of rotatable bonds is 9. The van der Waals surface area contributed by atoms with Crippen LogP contribution in [0.2, 0.25) is 0 Å². The van der Waals surface area contributed by atoms with Crippen molar-refractivity contribution >= 4 is 29.2 Å². The summed E-state index contributed by atoms with van der Waals surface area (Å²) < 4.78 is 16.0. The molecule has 2 aromatic rings. The topological polar surface area (TPSA) is 61.8 Å². The predicted molar refractivity (Wildman–Crippen MR) is 107 cm³/mol. The van der Waals surface area contributed by atoms with Gasteiger partial charge in [0.25, 0.3) is 0 Å². The number of carbonyl (C=O) groups is 2. The zero-order valence-electron chi connectivity index (χ0n) is 16.0. The summed E-state index contributed by atoms with van der Waals surface area (Å²) >= 11 is 1.38. The summed E-state index contributed by atoms with van der Waals surface area (Å²) in [6, 6.07) is 9.00. The number of ketones is 1. The summed E-state index contributed by atoms with van der Waals surface area (Å²) in [5.74, 6) is 0.876.